The Hall–Kier alpha value is -0.390. The fourth-order valence-electron chi connectivity index (χ4n) is 1.38. The molecule has 96 valence electrons. The van der Waals surface area contributed by atoms with E-state index in [1.54, 1.807) is 30.8 Å². The molecule has 0 aliphatic carbocycles. The van der Waals surface area contributed by atoms with E-state index in [9.17, 15) is 8.42 Å². The van der Waals surface area contributed by atoms with Crippen molar-refractivity contribution in [2.24, 2.45) is 0 Å². The molecule has 0 bridgehead atoms. The molecule has 0 atom stereocenters. The van der Waals surface area contributed by atoms with E-state index in [-0.39, 0.29) is 4.90 Å². The third-order valence-electron chi connectivity index (χ3n) is 2.17. The van der Waals surface area contributed by atoms with Crippen molar-refractivity contribution in [2.75, 3.05) is 18.6 Å². The van der Waals surface area contributed by atoms with E-state index in [0.29, 0.717) is 17.9 Å². The van der Waals surface area contributed by atoms with Crippen LogP contribution < -0.4 is 4.74 Å². The molecule has 3 nitrogen and oxygen atoms in total. The van der Waals surface area contributed by atoms with Gasteiger partial charge in [-0.2, -0.15) is 11.8 Å². The predicted molar refractivity (Wildman–Crippen MR) is 72.7 cm³/mol. The molecule has 17 heavy (non-hydrogen) atoms. The van der Waals surface area contributed by atoms with Gasteiger partial charge in [0.15, 0.2) is 0 Å². The van der Waals surface area contributed by atoms with Crippen LogP contribution in [0.3, 0.4) is 0 Å². The van der Waals surface area contributed by atoms with Crippen molar-refractivity contribution in [3.63, 3.8) is 0 Å². The summed E-state index contributed by atoms with van der Waals surface area (Å²) in [6, 6.07) is 4.79. The average molecular weight is 295 g/mol. The van der Waals surface area contributed by atoms with Crippen LogP contribution in [0, 0.1) is 6.92 Å². The molecule has 0 aromatic heterocycles. The van der Waals surface area contributed by atoms with Crippen molar-refractivity contribution in [2.45, 2.75) is 18.2 Å². The van der Waals surface area contributed by atoms with Crippen LogP contribution in [-0.2, 0) is 9.05 Å². The first-order valence-electron chi connectivity index (χ1n) is 5.12. The van der Waals surface area contributed by atoms with Crippen LogP contribution in [0.15, 0.2) is 23.1 Å². The minimum absolute atomic E-state index is 0.135. The van der Waals surface area contributed by atoms with Crippen molar-refractivity contribution in [1.29, 1.82) is 0 Å². The number of hydrogen-bond donors (Lipinski definition) is 0. The Balaban J connectivity index is 2.70. The minimum Gasteiger partial charge on any atom is -0.494 e. The zero-order chi connectivity index (χ0) is 12.9. The standard InChI is InChI=1S/C11H15ClO3S2/c1-9-8-10(15-6-3-7-16-2)4-5-11(9)17(12,13)14/h4-5,8H,3,6-7H2,1-2H3. The number of rotatable bonds is 6. The maximum atomic E-state index is 11.2. The molecule has 0 saturated carbocycles. The highest BCUT2D eigenvalue weighted by molar-refractivity contribution is 8.13. The van der Waals surface area contributed by atoms with Gasteiger partial charge in [0.1, 0.15) is 5.75 Å². The van der Waals surface area contributed by atoms with Gasteiger partial charge >= 0.3 is 0 Å². The number of hydrogen-bond acceptors (Lipinski definition) is 4. The van der Waals surface area contributed by atoms with Gasteiger partial charge in [0.05, 0.1) is 11.5 Å². The lowest BCUT2D eigenvalue weighted by Gasteiger charge is -2.08. The second-order valence-electron chi connectivity index (χ2n) is 3.56. The fourth-order valence-corrected chi connectivity index (χ4v) is 2.98. The van der Waals surface area contributed by atoms with Crippen LogP contribution in [-0.4, -0.2) is 27.0 Å². The van der Waals surface area contributed by atoms with Crippen LogP contribution in [0.4, 0.5) is 0 Å². The molecule has 0 aliphatic rings. The monoisotopic (exact) mass is 294 g/mol. The lowest BCUT2D eigenvalue weighted by Crippen LogP contribution is -2.00. The third-order valence-corrected chi connectivity index (χ3v) is 4.35. The topological polar surface area (TPSA) is 43.4 Å². The molecule has 0 amide bonds. The van der Waals surface area contributed by atoms with E-state index in [1.807, 2.05) is 6.26 Å². The van der Waals surface area contributed by atoms with E-state index in [2.05, 4.69) is 0 Å². The number of ether oxygens (including phenoxy) is 1. The van der Waals surface area contributed by atoms with Crippen molar-refractivity contribution in [3.05, 3.63) is 23.8 Å². The Morgan fingerprint density at radius 1 is 1.41 bits per heavy atom. The van der Waals surface area contributed by atoms with E-state index in [0.717, 1.165) is 12.2 Å². The van der Waals surface area contributed by atoms with Crippen molar-refractivity contribution in [3.8, 4) is 5.75 Å². The SMILES string of the molecule is CSCCCOc1ccc(S(=O)(=O)Cl)c(C)c1. The van der Waals surface area contributed by atoms with Gasteiger partial charge in [-0.05, 0) is 49.1 Å². The predicted octanol–water partition coefficient (Wildman–Crippen LogP) is 3.05. The third kappa shape index (κ3) is 4.77. The molecule has 0 aliphatic heterocycles. The second-order valence-corrected chi connectivity index (χ2v) is 7.08. The van der Waals surface area contributed by atoms with Gasteiger partial charge in [0.25, 0.3) is 9.05 Å². The summed E-state index contributed by atoms with van der Waals surface area (Å²) in [5, 5.41) is 0. The van der Waals surface area contributed by atoms with Crippen molar-refractivity contribution >= 4 is 31.5 Å². The zero-order valence-corrected chi connectivity index (χ0v) is 12.2. The Morgan fingerprint density at radius 3 is 2.65 bits per heavy atom. The maximum absolute atomic E-state index is 11.2. The molecule has 0 fully saturated rings. The quantitative estimate of drug-likeness (QED) is 0.597. The van der Waals surface area contributed by atoms with Gasteiger partial charge in [-0.15, -0.1) is 0 Å². The van der Waals surface area contributed by atoms with E-state index < -0.39 is 9.05 Å². The molecule has 0 N–H and O–H groups in total. The maximum Gasteiger partial charge on any atom is 0.261 e. The largest absolute Gasteiger partial charge is 0.494 e. The van der Waals surface area contributed by atoms with Crippen LogP contribution in [0.1, 0.15) is 12.0 Å². The molecule has 1 aromatic carbocycles. The van der Waals surface area contributed by atoms with E-state index in [1.165, 1.54) is 6.07 Å². The van der Waals surface area contributed by atoms with E-state index in [4.69, 9.17) is 15.4 Å². The summed E-state index contributed by atoms with van der Waals surface area (Å²) < 4.78 is 27.9. The first-order valence-corrected chi connectivity index (χ1v) is 8.82. The first-order chi connectivity index (χ1) is 7.95. The number of halogens is 1. The van der Waals surface area contributed by atoms with Crippen LogP contribution in [0.5, 0.6) is 5.75 Å². The van der Waals surface area contributed by atoms with Crippen LogP contribution in [0.25, 0.3) is 0 Å². The van der Waals surface area contributed by atoms with Crippen molar-refractivity contribution in [1.82, 2.24) is 0 Å². The molecule has 0 unspecified atom stereocenters. The summed E-state index contributed by atoms with van der Waals surface area (Å²) >= 11 is 1.77. The molecule has 0 saturated heterocycles. The van der Waals surface area contributed by atoms with Gasteiger partial charge in [0, 0.05) is 10.7 Å². The van der Waals surface area contributed by atoms with Gasteiger partial charge in [-0.3, -0.25) is 0 Å². The lowest BCUT2D eigenvalue weighted by atomic mass is 10.2. The Kier molecular flexibility index (Phi) is 5.62. The zero-order valence-electron chi connectivity index (χ0n) is 9.77. The summed E-state index contributed by atoms with van der Waals surface area (Å²) in [7, 11) is 1.62. The fraction of sp³-hybridized carbons (Fsp3) is 0.455. The second kappa shape index (κ2) is 6.52. The molecule has 1 rings (SSSR count). The van der Waals surface area contributed by atoms with Gasteiger partial charge in [0.2, 0.25) is 0 Å². The summed E-state index contributed by atoms with van der Waals surface area (Å²) in [6.45, 7) is 2.33. The lowest BCUT2D eigenvalue weighted by molar-refractivity contribution is 0.318. The van der Waals surface area contributed by atoms with Gasteiger partial charge < -0.3 is 4.74 Å². The van der Waals surface area contributed by atoms with Crippen molar-refractivity contribution < 1.29 is 13.2 Å². The van der Waals surface area contributed by atoms with Gasteiger partial charge in [-0.25, -0.2) is 8.42 Å². The summed E-state index contributed by atoms with van der Waals surface area (Å²) in [6.07, 6.45) is 3.01. The van der Waals surface area contributed by atoms with Gasteiger partial charge in [-0.1, -0.05) is 0 Å². The normalized spacial score (nSPS) is 11.5. The molecule has 1 aromatic rings. The molecule has 0 heterocycles. The molecular weight excluding hydrogens is 280 g/mol. The summed E-state index contributed by atoms with van der Waals surface area (Å²) in [5.41, 5.74) is 0.599. The number of aryl methyl sites for hydroxylation is 1. The Labute approximate surface area is 111 Å². The highest BCUT2D eigenvalue weighted by Crippen LogP contribution is 2.23. The average Bonchev–Trinajstić information content (AvgIpc) is 2.23. The molecule has 0 spiro atoms. The highest BCUT2D eigenvalue weighted by Gasteiger charge is 2.13. The first kappa shape index (κ1) is 14.7. The van der Waals surface area contributed by atoms with Crippen LogP contribution >= 0.6 is 22.4 Å². The molecular formula is C11H15ClO3S2. The summed E-state index contributed by atoms with van der Waals surface area (Å²) in [5.74, 6) is 1.72. The molecule has 0 radical (unpaired) electrons. The summed E-state index contributed by atoms with van der Waals surface area (Å²) in [4.78, 5) is 0.135. The Morgan fingerprint density at radius 2 is 2.12 bits per heavy atom. The smallest absolute Gasteiger partial charge is 0.261 e. The minimum atomic E-state index is -3.67. The Bertz CT molecular complexity index is 472. The van der Waals surface area contributed by atoms with E-state index >= 15 is 0 Å². The highest BCUT2D eigenvalue weighted by atomic mass is 35.7. The number of benzene rings is 1. The molecule has 6 heteroatoms. The number of thioether (sulfide) groups is 1. The van der Waals surface area contributed by atoms with Crippen LogP contribution in [0.2, 0.25) is 0 Å².